The second-order valence-electron chi connectivity index (χ2n) is 6.84. The molecule has 0 bridgehead atoms. The Morgan fingerprint density at radius 2 is 1.94 bits per heavy atom. The second-order valence-corrected chi connectivity index (χ2v) is 6.84. The number of amides is 1. The number of aryl methyl sites for hydroxylation is 1. The van der Waals surface area contributed by atoms with Crippen molar-refractivity contribution < 1.29 is 14.3 Å². The molecule has 0 aliphatic carbocycles. The Kier molecular flexibility index (Phi) is 5.89. The third-order valence-corrected chi connectivity index (χ3v) is 4.58. The number of rotatable bonds is 7. The van der Waals surface area contributed by atoms with Gasteiger partial charge in [-0.2, -0.15) is 0 Å². The Labute approximate surface area is 179 Å². The van der Waals surface area contributed by atoms with E-state index in [4.69, 9.17) is 9.47 Å². The number of carbonyl (C=O) groups excluding carboxylic acids is 1. The summed E-state index contributed by atoms with van der Waals surface area (Å²) in [5.41, 5.74) is 2.60. The first-order valence-corrected chi connectivity index (χ1v) is 9.62. The van der Waals surface area contributed by atoms with Crippen LogP contribution in [0.2, 0.25) is 0 Å². The van der Waals surface area contributed by atoms with Gasteiger partial charge < -0.3 is 14.8 Å². The Bertz CT molecular complexity index is 1170. The molecule has 1 N–H and O–H groups in total. The smallest absolute Gasteiger partial charge is 0.228 e. The van der Waals surface area contributed by atoms with Crippen molar-refractivity contribution in [2.45, 2.75) is 13.3 Å². The van der Waals surface area contributed by atoms with Crippen molar-refractivity contribution in [1.29, 1.82) is 0 Å². The number of hydrogen-bond donors (Lipinski definition) is 1. The van der Waals surface area contributed by atoms with Crippen LogP contribution in [0.1, 0.15) is 11.1 Å². The van der Waals surface area contributed by atoms with Crippen molar-refractivity contribution in [3.63, 3.8) is 0 Å². The van der Waals surface area contributed by atoms with E-state index < -0.39 is 0 Å². The first-order valence-electron chi connectivity index (χ1n) is 9.62. The van der Waals surface area contributed by atoms with Gasteiger partial charge in [-0.15, -0.1) is 0 Å². The number of carbonyl (C=O) groups is 1. The molecular weight excluding hydrogens is 394 g/mol. The van der Waals surface area contributed by atoms with Gasteiger partial charge in [0.05, 0.1) is 13.5 Å². The minimum atomic E-state index is -0.0981. The fourth-order valence-electron chi connectivity index (χ4n) is 3.09. The van der Waals surface area contributed by atoms with Gasteiger partial charge in [0.15, 0.2) is 0 Å². The molecule has 156 valence electrons. The number of methoxy groups -OCH3 is 1. The van der Waals surface area contributed by atoms with Gasteiger partial charge in [0.2, 0.25) is 11.8 Å². The van der Waals surface area contributed by atoms with E-state index in [-0.39, 0.29) is 12.3 Å². The minimum Gasteiger partial charge on any atom is -0.496 e. The lowest BCUT2D eigenvalue weighted by Crippen LogP contribution is -2.14. The number of nitrogens with one attached hydrogen (secondary N) is 1. The molecule has 31 heavy (non-hydrogen) atoms. The van der Waals surface area contributed by atoms with Crippen LogP contribution in [0.3, 0.4) is 0 Å². The quantitative estimate of drug-likeness (QED) is 0.491. The van der Waals surface area contributed by atoms with Gasteiger partial charge >= 0.3 is 0 Å². The standard InChI is InChI=1S/C23H21N5O3/c1-16-11-17(3-8-20(16)30-2)12-22(29)27-18-4-6-19(7-5-18)31-23-13-21(25-14-26-23)28-10-9-24-15-28/h3-11,13-15H,12H2,1-2H3,(H,27,29). The van der Waals surface area contributed by atoms with E-state index in [0.717, 1.165) is 16.9 Å². The third kappa shape index (κ3) is 5.05. The highest BCUT2D eigenvalue weighted by Crippen LogP contribution is 2.23. The SMILES string of the molecule is COc1ccc(CC(=O)Nc2ccc(Oc3cc(-n4ccnc4)ncn3)cc2)cc1C. The maximum atomic E-state index is 12.4. The molecule has 0 unspecified atom stereocenters. The molecular formula is C23H21N5O3. The van der Waals surface area contributed by atoms with Gasteiger partial charge in [-0.05, 0) is 48.4 Å². The lowest BCUT2D eigenvalue weighted by Gasteiger charge is -2.09. The van der Waals surface area contributed by atoms with Crippen LogP contribution in [-0.4, -0.2) is 32.5 Å². The molecule has 2 heterocycles. The Balaban J connectivity index is 1.36. The number of hydrogen-bond acceptors (Lipinski definition) is 6. The van der Waals surface area contributed by atoms with Gasteiger partial charge in [-0.25, -0.2) is 15.0 Å². The number of benzene rings is 2. The normalized spacial score (nSPS) is 10.5. The molecule has 0 spiro atoms. The van der Waals surface area contributed by atoms with Crippen molar-refractivity contribution in [3.05, 3.63) is 84.7 Å². The van der Waals surface area contributed by atoms with E-state index in [1.165, 1.54) is 6.33 Å². The fraction of sp³-hybridized carbons (Fsp3) is 0.130. The highest BCUT2D eigenvalue weighted by molar-refractivity contribution is 5.92. The van der Waals surface area contributed by atoms with Crippen LogP contribution in [0.5, 0.6) is 17.4 Å². The molecule has 4 rings (SSSR count). The molecule has 2 aromatic carbocycles. The summed E-state index contributed by atoms with van der Waals surface area (Å²) in [6.45, 7) is 1.95. The van der Waals surface area contributed by atoms with Crippen LogP contribution in [-0.2, 0) is 11.2 Å². The summed E-state index contributed by atoms with van der Waals surface area (Å²) in [4.78, 5) is 24.7. The average molecular weight is 415 g/mol. The molecule has 8 heteroatoms. The van der Waals surface area contributed by atoms with E-state index in [1.54, 1.807) is 60.7 Å². The first kappa shape index (κ1) is 20.1. The van der Waals surface area contributed by atoms with Crippen molar-refractivity contribution in [3.8, 4) is 23.2 Å². The number of imidazole rings is 1. The van der Waals surface area contributed by atoms with E-state index in [9.17, 15) is 4.79 Å². The van der Waals surface area contributed by atoms with Crippen molar-refractivity contribution in [1.82, 2.24) is 19.5 Å². The molecule has 0 saturated carbocycles. The maximum Gasteiger partial charge on any atom is 0.228 e. The van der Waals surface area contributed by atoms with Crippen LogP contribution < -0.4 is 14.8 Å². The third-order valence-electron chi connectivity index (χ3n) is 4.58. The zero-order chi connectivity index (χ0) is 21.6. The molecule has 0 aliphatic rings. The molecule has 0 fully saturated rings. The zero-order valence-electron chi connectivity index (χ0n) is 17.1. The van der Waals surface area contributed by atoms with Gasteiger partial charge in [-0.1, -0.05) is 12.1 Å². The molecule has 0 saturated heterocycles. The Hall–Kier alpha value is -4.20. The van der Waals surface area contributed by atoms with Gasteiger partial charge in [0, 0.05) is 24.1 Å². The highest BCUT2D eigenvalue weighted by atomic mass is 16.5. The predicted octanol–water partition coefficient (Wildman–Crippen LogP) is 3.95. The van der Waals surface area contributed by atoms with Crippen LogP contribution in [0.15, 0.2) is 73.6 Å². The van der Waals surface area contributed by atoms with Crippen LogP contribution in [0, 0.1) is 6.92 Å². The molecule has 1 amide bonds. The highest BCUT2D eigenvalue weighted by Gasteiger charge is 2.08. The number of ether oxygens (including phenoxy) is 2. The van der Waals surface area contributed by atoms with Gasteiger partial charge in [0.1, 0.15) is 30.0 Å². The maximum absolute atomic E-state index is 12.4. The van der Waals surface area contributed by atoms with Crippen LogP contribution in [0.25, 0.3) is 5.82 Å². The Morgan fingerprint density at radius 1 is 1.10 bits per heavy atom. The summed E-state index contributed by atoms with van der Waals surface area (Å²) in [6, 6.07) is 14.5. The molecule has 2 aromatic heterocycles. The van der Waals surface area contributed by atoms with E-state index in [2.05, 4.69) is 20.3 Å². The number of aromatic nitrogens is 4. The first-order chi connectivity index (χ1) is 15.1. The molecule has 0 radical (unpaired) electrons. The molecule has 0 aliphatic heterocycles. The van der Waals surface area contributed by atoms with Gasteiger partial charge in [-0.3, -0.25) is 9.36 Å². The summed E-state index contributed by atoms with van der Waals surface area (Å²) in [5, 5.41) is 2.90. The summed E-state index contributed by atoms with van der Waals surface area (Å²) in [7, 11) is 1.63. The van der Waals surface area contributed by atoms with E-state index >= 15 is 0 Å². The lowest BCUT2D eigenvalue weighted by atomic mass is 10.1. The minimum absolute atomic E-state index is 0.0981. The zero-order valence-corrected chi connectivity index (χ0v) is 17.1. The van der Waals surface area contributed by atoms with E-state index in [1.807, 2.05) is 25.1 Å². The largest absolute Gasteiger partial charge is 0.496 e. The predicted molar refractivity (Wildman–Crippen MR) is 116 cm³/mol. The second kappa shape index (κ2) is 9.08. The topological polar surface area (TPSA) is 91.2 Å². The lowest BCUT2D eigenvalue weighted by molar-refractivity contribution is -0.115. The fourth-order valence-corrected chi connectivity index (χ4v) is 3.09. The molecule has 4 aromatic rings. The summed E-state index contributed by atoms with van der Waals surface area (Å²) >= 11 is 0. The van der Waals surface area contributed by atoms with Crippen molar-refractivity contribution in [2.24, 2.45) is 0 Å². The summed E-state index contributed by atoms with van der Waals surface area (Å²) in [6.07, 6.45) is 6.82. The van der Waals surface area contributed by atoms with Crippen LogP contribution in [0.4, 0.5) is 5.69 Å². The average Bonchev–Trinajstić information content (AvgIpc) is 3.31. The van der Waals surface area contributed by atoms with E-state index in [0.29, 0.717) is 23.1 Å². The summed E-state index contributed by atoms with van der Waals surface area (Å²) < 4.78 is 12.8. The van der Waals surface area contributed by atoms with Crippen molar-refractivity contribution in [2.75, 3.05) is 12.4 Å². The number of anilines is 1. The number of nitrogens with zero attached hydrogens (tertiary/aromatic N) is 4. The Morgan fingerprint density at radius 3 is 2.65 bits per heavy atom. The summed E-state index contributed by atoms with van der Waals surface area (Å²) in [5.74, 6) is 2.36. The van der Waals surface area contributed by atoms with Crippen molar-refractivity contribution >= 4 is 11.6 Å². The molecule has 8 nitrogen and oxygen atoms in total. The monoisotopic (exact) mass is 415 g/mol. The van der Waals surface area contributed by atoms with Gasteiger partial charge in [0.25, 0.3) is 0 Å². The van der Waals surface area contributed by atoms with Crippen LogP contribution >= 0.6 is 0 Å². The molecule has 0 atom stereocenters.